The molecule has 0 unspecified atom stereocenters. The Balaban J connectivity index is 1.18. The van der Waals surface area contributed by atoms with Crippen LogP contribution in [0.5, 0.6) is 17.2 Å². The first kappa shape index (κ1) is 20.5. The van der Waals surface area contributed by atoms with Gasteiger partial charge in [-0.05, 0) is 59.7 Å². The number of carbonyl (C=O) groups is 1. The fraction of sp³-hybridized carbons (Fsp3) is 0.167. The molecule has 5 rings (SSSR count). The van der Waals surface area contributed by atoms with E-state index in [2.05, 4.69) is 39.8 Å². The molecule has 1 N–H and O–H groups in total. The van der Waals surface area contributed by atoms with Gasteiger partial charge in [-0.2, -0.15) is 4.80 Å². The van der Waals surface area contributed by atoms with Crippen LogP contribution in [0.4, 0.5) is 5.69 Å². The van der Waals surface area contributed by atoms with Crippen molar-refractivity contribution in [2.45, 2.75) is 20.1 Å². The summed E-state index contributed by atoms with van der Waals surface area (Å²) in [6.07, 6.45) is 0. The van der Waals surface area contributed by atoms with Crippen molar-refractivity contribution >= 4 is 11.6 Å². The Labute approximate surface area is 189 Å². The number of nitrogens with one attached hydrogen (secondary N) is 1. The zero-order valence-corrected chi connectivity index (χ0v) is 17.9. The first-order valence-electron chi connectivity index (χ1n) is 10.4. The third-order valence-corrected chi connectivity index (χ3v) is 5.16. The van der Waals surface area contributed by atoms with Crippen molar-refractivity contribution in [3.8, 4) is 28.6 Å². The highest BCUT2D eigenvalue weighted by Gasteiger charge is 2.15. The van der Waals surface area contributed by atoms with Crippen LogP contribution in [0.15, 0.2) is 66.7 Å². The maximum absolute atomic E-state index is 12.4. The van der Waals surface area contributed by atoms with E-state index in [1.807, 2.05) is 36.4 Å². The number of fused-ring (bicyclic) bond motifs is 1. The molecule has 3 aromatic carbocycles. The summed E-state index contributed by atoms with van der Waals surface area (Å²) in [7, 11) is 0. The minimum absolute atomic E-state index is 0.0704. The lowest BCUT2D eigenvalue weighted by molar-refractivity contribution is -0.117. The Morgan fingerprint density at radius 3 is 2.73 bits per heavy atom. The van der Waals surface area contributed by atoms with Gasteiger partial charge >= 0.3 is 0 Å². The van der Waals surface area contributed by atoms with Crippen LogP contribution >= 0.6 is 0 Å². The quantitative estimate of drug-likeness (QED) is 0.466. The number of tetrazole rings is 1. The molecule has 0 radical (unpaired) electrons. The van der Waals surface area contributed by atoms with Crippen LogP contribution in [0.25, 0.3) is 11.4 Å². The number of aromatic nitrogens is 4. The third kappa shape index (κ3) is 4.77. The van der Waals surface area contributed by atoms with Crippen LogP contribution in [-0.2, 0) is 17.9 Å². The van der Waals surface area contributed by atoms with E-state index in [9.17, 15) is 4.79 Å². The predicted molar refractivity (Wildman–Crippen MR) is 120 cm³/mol. The SMILES string of the molecule is Cc1ccccc1COc1ccc(-c2nnn(CC(=O)Nc3ccc4c(c3)OCO4)n2)cc1. The van der Waals surface area contributed by atoms with E-state index in [0.717, 1.165) is 16.9 Å². The summed E-state index contributed by atoms with van der Waals surface area (Å²) in [5, 5.41) is 15.1. The highest BCUT2D eigenvalue weighted by molar-refractivity contribution is 5.90. The number of hydrogen-bond acceptors (Lipinski definition) is 7. The Bertz CT molecular complexity index is 1290. The molecular formula is C24H21N5O4. The maximum atomic E-state index is 12.4. The van der Waals surface area contributed by atoms with Crippen LogP contribution in [-0.4, -0.2) is 32.9 Å². The average molecular weight is 443 g/mol. The molecule has 0 saturated heterocycles. The van der Waals surface area contributed by atoms with E-state index >= 15 is 0 Å². The largest absolute Gasteiger partial charge is 0.489 e. The minimum Gasteiger partial charge on any atom is -0.489 e. The van der Waals surface area contributed by atoms with Gasteiger partial charge in [-0.15, -0.1) is 10.2 Å². The van der Waals surface area contributed by atoms with Gasteiger partial charge in [0.2, 0.25) is 18.5 Å². The van der Waals surface area contributed by atoms with Gasteiger partial charge in [0.25, 0.3) is 0 Å². The smallest absolute Gasteiger partial charge is 0.248 e. The summed E-state index contributed by atoms with van der Waals surface area (Å²) < 4.78 is 16.5. The van der Waals surface area contributed by atoms with Gasteiger partial charge in [0.05, 0.1) is 0 Å². The molecule has 0 aliphatic carbocycles. The number of carbonyl (C=O) groups excluding carboxylic acids is 1. The van der Waals surface area contributed by atoms with Crippen molar-refractivity contribution in [2.24, 2.45) is 0 Å². The van der Waals surface area contributed by atoms with E-state index in [-0.39, 0.29) is 19.2 Å². The van der Waals surface area contributed by atoms with Crippen LogP contribution in [0.2, 0.25) is 0 Å². The average Bonchev–Trinajstić information content (AvgIpc) is 3.48. The Morgan fingerprint density at radius 2 is 1.88 bits per heavy atom. The fourth-order valence-corrected chi connectivity index (χ4v) is 3.36. The number of rotatable bonds is 7. The highest BCUT2D eigenvalue weighted by Crippen LogP contribution is 2.34. The molecular weight excluding hydrogens is 422 g/mol. The van der Waals surface area contributed by atoms with Gasteiger partial charge in [-0.3, -0.25) is 4.79 Å². The lowest BCUT2D eigenvalue weighted by Crippen LogP contribution is -2.20. The Hall–Kier alpha value is -4.40. The Kier molecular flexibility index (Phi) is 5.59. The number of aryl methyl sites for hydroxylation is 1. The Morgan fingerprint density at radius 1 is 1.06 bits per heavy atom. The molecule has 0 spiro atoms. The molecule has 4 aromatic rings. The van der Waals surface area contributed by atoms with Gasteiger partial charge in [-0.25, -0.2) is 0 Å². The number of amides is 1. The van der Waals surface area contributed by atoms with Gasteiger partial charge in [0.15, 0.2) is 11.5 Å². The van der Waals surface area contributed by atoms with E-state index in [4.69, 9.17) is 14.2 Å². The molecule has 0 atom stereocenters. The molecule has 0 saturated carbocycles. The predicted octanol–water partition coefficient (Wildman–Crippen LogP) is 3.59. The van der Waals surface area contributed by atoms with Crippen molar-refractivity contribution in [1.29, 1.82) is 0 Å². The summed E-state index contributed by atoms with van der Waals surface area (Å²) >= 11 is 0. The lowest BCUT2D eigenvalue weighted by atomic mass is 10.1. The van der Waals surface area contributed by atoms with Crippen LogP contribution < -0.4 is 19.5 Å². The van der Waals surface area contributed by atoms with Crippen molar-refractivity contribution < 1.29 is 19.0 Å². The summed E-state index contributed by atoms with van der Waals surface area (Å²) in [5.74, 6) is 2.15. The van der Waals surface area contributed by atoms with Gasteiger partial charge < -0.3 is 19.5 Å². The second-order valence-corrected chi connectivity index (χ2v) is 7.50. The van der Waals surface area contributed by atoms with E-state index in [1.165, 1.54) is 10.4 Å². The van der Waals surface area contributed by atoms with Crippen molar-refractivity contribution in [3.63, 3.8) is 0 Å². The molecule has 0 fully saturated rings. The van der Waals surface area contributed by atoms with Crippen LogP contribution in [0.3, 0.4) is 0 Å². The highest BCUT2D eigenvalue weighted by atomic mass is 16.7. The number of benzene rings is 3. The zero-order chi connectivity index (χ0) is 22.6. The topological polar surface area (TPSA) is 100 Å². The summed E-state index contributed by atoms with van der Waals surface area (Å²) in [4.78, 5) is 13.6. The van der Waals surface area contributed by atoms with Crippen molar-refractivity contribution in [3.05, 3.63) is 77.9 Å². The van der Waals surface area contributed by atoms with Crippen LogP contribution in [0, 0.1) is 6.92 Å². The van der Waals surface area contributed by atoms with Gasteiger partial charge in [-0.1, -0.05) is 24.3 Å². The zero-order valence-electron chi connectivity index (χ0n) is 17.9. The molecule has 166 valence electrons. The molecule has 9 heteroatoms. The van der Waals surface area contributed by atoms with E-state index in [0.29, 0.717) is 29.6 Å². The van der Waals surface area contributed by atoms with Gasteiger partial charge in [0.1, 0.15) is 18.9 Å². The fourth-order valence-electron chi connectivity index (χ4n) is 3.36. The summed E-state index contributed by atoms with van der Waals surface area (Å²) in [6, 6.07) is 20.8. The number of ether oxygens (including phenoxy) is 3. The number of nitrogens with zero attached hydrogens (tertiary/aromatic N) is 4. The maximum Gasteiger partial charge on any atom is 0.248 e. The number of anilines is 1. The molecule has 1 amide bonds. The number of hydrogen-bond donors (Lipinski definition) is 1. The summed E-state index contributed by atoms with van der Waals surface area (Å²) in [6.45, 7) is 2.67. The molecule has 9 nitrogen and oxygen atoms in total. The first-order valence-corrected chi connectivity index (χ1v) is 10.4. The molecule has 1 aliphatic rings. The van der Waals surface area contributed by atoms with Crippen LogP contribution in [0.1, 0.15) is 11.1 Å². The standard InChI is InChI=1S/C24H21N5O4/c1-16-4-2-3-5-18(16)14-31-20-9-6-17(7-10-20)24-26-28-29(27-24)13-23(30)25-19-8-11-21-22(12-19)33-15-32-21/h2-12H,13-15H2,1H3,(H,25,30). The van der Waals surface area contributed by atoms with E-state index in [1.54, 1.807) is 18.2 Å². The van der Waals surface area contributed by atoms with Crippen molar-refractivity contribution in [2.75, 3.05) is 12.1 Å². The van der Waals surface area contributed by atoms with Crippen molar-refractivity contribution in [1.82, 2.24) is 20.2 Å². The molecule has 1 aromatic heterocycles. The molecule has 0 bridgehead atoms. The van der Waals surface area contributed by atoms with Gasteiger partial charge in [0, 0.05) is 17.3 Å². The third-order valence-electron chi connectivity index (χ3n) is 5.16. The second kappa shape index (κ2) is 8.99. The first-order chi connectivity index (χ1) is 16.1. The molecule has 2 heterocycles. The monoisotopic (exact) mass is 443 g/mol. The normalized spacial score (nSPS) is 11.9. The summed E-state index contributed by atoms with van der Waals surface area (Å²) in [5.41, 5.74) is 3.72. The molecule has 1 aliphatic heterocycles. The van der Waals surface area contributed by atoms with E-state index < -0.39 is 0 Å². The second-order valence-electron chi connectivity index (χ2n) is 7.50. The molecule has 33 heavy (non-hydrogen) atoms. The lowest BCUT2D eigenvalue weighted by Gasteiger charge is -2.08. The minimum atomic E-state index is -0.280.